The number of nitrogens with one attached hydrogen (secondary N) is 2. The lowest BCUT2D eigenvalue weighted by Crippen LogP contribution is -2.27. The molecule has 0 rings (SSSR count). The van der Waals surface area contributed by atoms with Crippen molar-refractivity contribution in [3.63, 3.8) is 0 Å². The highest BCUT2D eigenvalue weighted by atomic mass is 16.2. The molecule has 48 heavy (non-hydrogen) atoms. The van der Waals surface area contributed by atoms with Crippen LogP contribution < -0.4 is 10.6 Å². The molecule has 0 aromatic heterocycles. The summed E-state index contributed by atoms with van der Waals surface area (Å²) in [6, 6.07) is 0. The lowest BCUT2D eigenvalue weighted by Gasteiger charge is -2.06. The fourth-order valence-electron chi connectivity index (χ4n) is 4.77. The predicted octanol–water partition coefficient (Wildman–Crippen LogP) is 12.3. The maximum atomic E-state index is 12.0. The van der Waals surface area contributed by atoms with Crippen LogP contribution in [0.15, 0.2) is 97.2 Å². The van der Waals surface area contributed by atoms with Crippen LogP contribution in [0.25, 0.3) is 0 Å². The monoisotopic (exact) mass is 661 g/mol. The van der Waals surface area contributed by atoms with Gasteiger partial charge in [0.25, 0.3) is 0 Å². The molecule has 270 valence electrons. The Balaban J connectivity index is 3.54. The third-order valence-electron chi connectivity index (χ3n) is 7.71. The van der Waals surface area contributed by atoms with Gasteiger partial charge in [-0.1, -0.05) is 137 Å². The third kappa shape index (κ3) is 39.0. The highest BCUT2D eigenvalue weighted by Crippen LogP contribution is 2.03. The first-order chi connectivity index (χ1) is 23.7. The zero-order chi connectivity index (χ0) is 34.9. The van der Waals surface area contributed by atoms with Crippen molar-refractivity contribution in [1.29, 1.82) is 0 Å². The number of carbonyl (C=O) groups is 2. The standard InChI is InChI=1S/C44H72N2O2/c1-3-5-7-9-11-13-15-17-19-21-23-25-27-29-31-33-35-39-43(47)45-41-37-38-42-46-44(48)40-36-34-32-30-28-26-24-22-20-18-16-14-12-10-8-6-4-2/h11-14,17-20,23-26,29-32H,3-10,15-16,21-22,27-28,33-42H2,1-2H3,(H,45,47)(H,46,48)/b13-11-,14-12-,19-17-,20-18-,25-23-,26-24-,31-29-,32-30-. The molecule has 0 aliphatic carbocycles. The van der Waals surface area contributed by atoms with E-state index in [9.17, 15) is 9.59 Å². The van der Waals surface area contributed by atoms with Crippen LogP contribution in [-0.4, -0.2) is 24.9 Å². The molecule has 0 atom stereocenters. The summed E-state index contributed by atoms with van der Waals surface area (Å²) in [4.78, 5) is 24.1. The van der Waals surface area contributed by atoms with Crippen LogP contribution in [-0.2, 0) is 9.59 Å². The number of hydrogen-bond acceptors (Lipinski definition) is 2. The predicted molar refractivity (Wildman–Crippen MR) is 212 cm³/mol. The second-order valence-electron chi connectivity index (χ2n) is 12.4. The van der Waals surface area contributed by atoms with Crippen molar-refractivity contribution in [2.24, 2.45) is 0 Å². The summed E-state index contributed by atoms with van der Waals surface area (Å²) in [5, 5.41) is 5.99. The fourth-order valence-corrected chi connectivity index (χ4v) is 4.77. The average Bonchev–Trinajstić information content (AvgIpc) is 3.09. The van der Waals surface area contributed by atoms with Crippen molar-refractivity contribution in [3.8, 4) is 0 Å². The largest absolute Gasteiger partial charge is 0.356 e. The van der Waals surface area contributed by atoms with Gasteiger partial charge < -0.3 is 10.6 Å². The quantitative estimate of drug-likeness (QED) is 0.0543. The van der Waals surface area contributed by atoms with E-state index in [1.165, 1.54) is 51.4 Å². The molecule has 0 fully saturated rings. The van der Waals surface area contributed by atoms with Crippen molar-refractivity contribution in [2.45, 2.75) is 155 Å². The van der Waals surface area contributed by atoms with Gasteiger partial charge in [0.05, 0.1) is 0 Å². The van der Waals surface area contributed by atoms with Crippen LogP contribution in [0.2, 0.25) is 0 Å². The van der Waals surface area contributed by atoms with E-state index in [2.05, 4.69) is 122 Å². The molecule has 4 nitrogen and oxygen atoms in total. The molecule has 0 bridgehead atoms. The van der Waals surface area contributed by atoms with Gasteiger partial charge in [0, 0.05) is 25.9 Å². The summed E-state index contributed by atoms with van der Waals surface area (Å²) in [5.41, 5.74) is 0. The molecule has 0 aromatic carbocycles. The van der Waals surface area contributed by atoms with Gasteiger partial charge in [0.2, 0.25) is 11.8 Å². The van der Waals surface area contributed by atoms with Gasteiger partial charge in [0.1, 0.15) is 0 Å². The lowest BCUT2D eigenvalue weighted by molar-refractivity contribution is -0.122. The van der Waals surface area contributed by atoms with Crippen LogP contribution in [0.5, 0.6) is 0 Å². The molecule has 0 aromatic rings. The highest BCUT2D eigenvalue weighted by molar-refractivity contribution is 5.76. The van der Waals surface area contributed by atoms with Gasteiger partial charge >= 0.3 is 0 Å². The van der Waals surface area contributed by atoms with Gasteiger partial charge in [-0.15, -0.1) is 0 Å². The molecule has 0 aliphatic heterocycles. The van der Waals surface area contributed by atoms with Gasteiger partial charge in [-0.05, 0) is 103 Å². The minimum absolute atomic E-state index is 0.117. The molecule has 2 N–H and O–H groups in total. The molecule has 0 saturated heterocycles. The Morgan fingerprint density at radius 3 is 0.917 bits per heavy atom. The Morgan fingerprint density at radius 2 is 0.625 bits per heavy atom. The van der Waals surface area contributed by atoms with E-state index in [4.69, 9.17) is 0 Å². The van der Waals surface area contributed by atoms with Gasteiger partial charge in [-0.2, -0.15) is 0 Å². The summed E-state index contributed by atoms with van der Waals surface area (Å²) in [7, 11) is 0. The molecule has 0 saturated carbocycles. The third-order valence-corrected chi connectivity index (χ3v) is 7.71. The first-order valence-electron chi connectivity index (χ1n) is 19.4. The maximum Gasteiger partial charge on any atom is 0.220 e. The van der Waals surface area contributed by atoms with Crippen LogP contribution in [0.3, 0.4) is 0 Å². The Hall–Kier alpha value is -3.14. The lowest BCUT2D eigenvalue weighted by atomic mass is 10.2. The normalized spacial score (nSPS) is 12.6. The maximum absolute atomic E-state index is 12.0. The Morgan fingerprint density at radius 1 is 0.354 bits per heavy atom. The van der Waals surface area contributed by atoms with E-state index in [-0.39, 0.29) is 11.8 Å². The zero-order valence-electron chi connectivity index (χ0n) is 31.0. The fraction of sp³-hybridized carbons (Fsp3) is 0.591. The van der Waals surface area contributed by atoms with E-state index >= 15 is 0 Å². The van der Waals surface area contributed by atoms with E-state index in [0.29, 0.717) is 25.9 Å². The Labute approximate surface area is 296 Å². The van der Waals surface area contributed by atoms with Crippen molar-refractivity contribution < 1.29 is 9.59 Å². The minimum Gasteiger partial charge on any atom is -0.356 e. The molecule has 0 spiro atoms. The van der Waals surface area contributed by atoms with Crippen molar-refractivity contribution in [2.75, 3.05) is 13.1 Å². The molecule has 0 unspecified atom stereocenters. The van der Waals surface area contributed by atoms with Crippen molar-refractivity contribution in [1.82, 2.24) is 10.6 Å². The SMILES string of the molecule is CCCCC/C=C\C/C=C\C/C=C\C/C=C\CCCC(=O)NCCCCNC(=O)CCC/C=C\C/C=C\C/C=C\C/C=C\CCCCC. The molecule has 2 amide bonds. The van der Waals surface area contributed by atoms with E-state index in [1.807, 2.05) is 0 Å². The van der Waals surface area contributed by atoms with Crippen LogP contribution in [0, 0.1) is 0 Å². The smallest absolute Gasteiger partial charge is 0.220 e. The van der Waals surface area contributed by atoms with Crippen LogP contribution in [0.4, 0.5) is 0 Å². The van der Waals surface area contributed by atoms with Crippen molar-refractivity contribution in [3.05, 3.63) is 97.2 Å². The second-order valence-corrected chi connectivity index (χ2v) is 12.4. The summed E-state index contributed by atoms with van der Waals surface area (Å²) in [5.74, 6) is 0.235. The Kier molecular flexibility index (Phi) is 37.4. The summed E-state index contributed by atoms with van der Waals surface area (Å²) >= 11 is 0. The van der Waals surface area contributed by atoms with Crippen LogP contribution in [0.1, 0.15) is 155 Å². The average molecular weight is 661 g/mol. The van der Waals surface area contributed by atoms with E-state index in [1.54, 1.807) is 0 Å². The van der Waals surface area contributed by atoms with E-state index in [0.717, 1.165) is 77.0 Å². The van der Waals surface area contributed by atoms with Crippen molar-refractivity contribution >= 4 is 11.8 Å². The topological polar surface area (TPSA) is 58.2 Å². The zero-order valence-corrected chi connectivity index (χ0v) is 31.0. The number of unbranched alkanes of at least 4 members (excludes halogenated alkanes) is 9. The first-order valence-corrected chi connectivity index (χ1v) is 19.4. The molecular weight excluding hydrogens is 588 g/mol. The molecular formula is C44H72N2O2. The van der Waals surface area contributed by atoms with E-state index < -0.39 is 0 Å². The molecule has 4 heteroatoms. The number of rotatable bonds is 33. The number of hydrogen-bond donors (Lipinski definition) is 2. The number of carbonyl (C=O) groups excluding carboxylic acids is 2. The van der Waals surface area contributed by atoms with Gasteiger partial charge in [0.15, 0.2) is 0 Å². The van der Waals surface area contributed by atoms with Gasteiger partial charge in [-0.25, -0.2) is 0 Å². The summed E-state index contributed by atoms with van der Waals surface area (Å²) in [6.07, 6.45) is 58.2. The Bertz CT molecular complexity index is 886. The first kappa shape index (κ1) is 44.9. The number of allylic oxidation sites excluding steroid dienone is 16. The highest BCUT2D eigenvalue weighted by Gasteiger charge is 2.01. The minimum atomic E-state index is 0.117. The molecule has 0 aliphatic rings. The number of amides is 2. The summed E-state index contributed by atoms with van der Waals surface area (Å²) in [6.45, 7) is 5.82. The molecule has 0 heterocycles. The second kappa shape index (κ2) is 40.0. The van der Waals surface area contributed by atoms with Crippen LogP contribution >= 0.6 is 0 Å². The van der Waals surface area contributed by atoms with Gasteiger partial charge in [-0.3, -0.25) is 9.59 Å². The molecule has 0 radical (unpaired) electrons. The summed E-state index contributed by atoms with van der Waals surface area (Å²) < 4.78 is 0.